The van der Waals surface area contributed by atoms with Gasteiger partial charge in [-0.15, -0.1) is 12.3 Å². The number of carbonyl (C=O) groups is 1. The minimum Gasteiger partial charge on any atom is -0.298 e. The maximum atomic E-state index is 12.4. The maximum Gasteiger partial charge on any atom is 0.153 e. The summed E-state index contributed by atoms with van der Waals surface area (Å²) in [6.45, 7) is 4.13. The highest BCUT2D eigenvalue weighted by Crippen LogP contribution is 2.32. The summed E-state index contributed by atoms with van der Waals surface area (Å²) in [6, 6.07) is 8.29. The summed E-state index contributed by atoms with van der Waals surface area (Å²) in [5, 5.41) is 0.405. The van der Waals surface area contributed by atoms with Crippen molar-refractivity contribution >= 4 is 21.7 Å². The van der Waals surface area contributed by atoms with Gasteiger partial charge < -0.3 is 0 Å². The lowest BCUT2D eigenvalue weighted by Gasteiger charge is -2.28. The summed E-state index contributed by atoms with van der Waals surface area (Å²) in [4.78, 5) is 12.4. The molecule has 0 N–H and O–H groups in total. The third kappa shape index (κ3) is 4.49. The molecular formula is C18H23BrO. The van der Waals surface area contributed by atoms with Gasteiger partial charge in [-0.25, -0.2) is 0 Å². The van der Waals surface area contributed by atoms with Crippen LogP contribution >= 0.6 is 15.9 Å². The van der Waals surface area contributed by atoms with E-state index in [2.05, 4.69) is 53.9 Å². The summed E-state index contributed by atoms with van der Waals surface area (Å²) in [5.74, 6) is 2.91. The highest BCUT2D eigenvalue weighted by molar-refractivity contribution is 9.09. The Morgan fingerprint density at radius 1 is 1.35 bits per heavy atom. The van der Waals surface area contributed by atoms with Crippen LogP contribution in [0.5, 0.6) is 0 Å². The van der Waals surface area contributed by atoms with Gasteiger partial charge in [0.25, 0.3) is 0 Å². The molecule has 0 aliphatic carbocycles. The summed E-state index contributed by atoms with van der Waals surface area (Å²) in [6.07, 6.45) is 10.1. The maximum absolute atomic E-state index is 12.4. The Morgan fingerprint density at radius 2 is 2.10 bits per heavy atom. The Kier molecular flexibility index (Phi) is 7.02. The Balaban J connectivity index is 2.82. The van der Waals surface area contributed by atoms with Gasteiger partial charge >= 0.3 is 0 Å². The number of hydrogen-bond acceptors (Lipinski definition) is 1. The first kappa shape index (κ1) is 17.0. The molecule has 0 radical (unpaired) electrons. The molecule has 1 nitrogen and oxygen atoms in total. The number of alkyl halides is 1. The average Bonchev–Trinajstić information content (AvgIpc) is 2.46. The fraction of sp³-hybridized carbons (Fsp3) is 0.500. The lowest BCUT2D eigenvalue weighted by molar-refractivity contribution is -0.121. The van der Waals surface area contributed by atoms with Crippen molar-refractivity contribution in [3.63, 3.8) is 0 Å². The molecular weight excluding hydrogens is 312 g/mol. The van der Waals surface area contributed by atoms with Gasteiger partial charge in [0, 0.05) is 6.42 Å². The van der Waals surface area contributed by atoms with Crippen LogP contribution in [0, 0.1) is 19.3 Å². The van der Waals surface area contributed by atoms with Crippen molar-refractivity contribution in [1.82, 2.24) is 0 Å². The highest BCUT2D eigenvalue weighted by Gasteiger charge is 2.33. The zero-order valence-corrected chi connectivity index (χ0v) is 14.0. The molecule has 0 fully saturated rings. The van der Waals surface area contributed by atoms with Crippen LogP contribution in [0.3, 0.4) is 0 Å². The molecule has 20 heavy (non-hydrogen) atoms. The number of benzene rings is 1. The van der Waals surface area contributed by atoms with Crippen LogP contribution in [0.15, 0.2) is 24.3 Å². The molecule has 1 unspecified atom stereocenters. The predicted molar refractivity (Wildman–Crippen MR) is 89.3 cm³/mol. The van der Waals surface area contributed by atoms with Crippen LogP contribution in [0.4, 0.5) is 0 Å². The Morgan fingerprint density at radius 3 is 2.70 bits per heavy atom. The number of halogens is 1. The van der Waals surface area contributed by atoms with Crippen LogP contribution in [-0.4, -0.2) is 11.1 Å². The van der Waals surface area contributed by atoms with Gasteiger partial charge in [-0.3, -0.25) is 4.79 Å². The van der Waals surface area contributed by atoms with Crippen molar-refractivity contribution in [2.75, 3.05) is 5.33 Å². The molecule has 0 spiro atoms. The largest absolute Gasteiger partial charge is 0.298 e. The molecule has 0 aromatic heterocycles. The van der Waals surface area contributed by atoms with E-state index >= 15 is 0 Å². The van der Waals surface area contributed by atoms with E-state index in [0.29, 0.717) is 5.33 Å². The van der Waals surface area contributed by atoms with E-state index in [1.165, 1.54) is 5.56 Å². The van der Waals surface area contributed by atoms with Gasteiger partial charge in [-0.2, -0.15) is 0 Å². The van der Waals surface area contributed by atoms with Crippen LogP contribution < -0.4 is 0 Å². The number of aryl methyl sites for hydroxylation is 1. The number of hydrogen-bond donors (Lipinski definition) is 0. The zero-order valence-electron chi connectivity index (χ0n) is 12.4. The molecule has 0 aliphatic heterocycles. The summed E-state index contributed by atoms with van der Waals surface area (Å²) in [5.41, 5.74) is 1.92. The van der Waals surface area contributed by atoms with Gasteiger partial charge in [0.1, 0.15) is 0 Å². The molecule has 108 valence electrons. The van der Waals surface area contributed by atoms with Crippen molar-refractivity contribution in [1.29, 1.82) is 0 Å². The molecule has 0 saturated heterocycles. The van der Waals surface area contributed by atoms with E-state index in [0.717, 1.165) is 37.7 Å². The van der Waals surface area contributed by atoms with Gasteiger partial charge in [-0.1, -0.05) is 58.6 Å². The smallest absolute Gasteiger partial charge is 0.153 e. The lowest BCUT2D eigenvalue weighted by Crippen LogP contribution is -2.33. The monoisotopic (exact) mass is 334 g/mol. The van der Waals surface area contributed by atoms with Gasteiger partial charge in [-0.05, 0) is 32.3 Å². The Labute approximate surface area is 131 Å². The topological polar surface area (TPSA) is 17.1 Å². The Bertz CT molecular complexity index is 486. The number of carbonyl (C=O) groups excluding carboxylic acids is 1. The number of rotatable bonds is 8. The molecule has 1 rings (SSSR count). The summed E-state index contributed by atoms with van der Waals surface area (Å²) >= 11 is 3.32. The second-order valence-corrected chi connectivity index (χ2v) is 6.08. The first-order valence-electron chi connectivity index (χ1n) is 7.14. The van der Waals surface area contributed by atoms with Crippen molar-refractivity contribution in [3.05, 3.63) is 35.4 Å². The van der Waals surface area contributed by atoms with Crippen LogP contribution in [0.2, 0.25) is 0 Å². The summed E-state index contributed by atoms with van der Waals surface area (Å²) < 4.78 is 0. The fourth-order valence-electron chi connectivity index (χ4n) is 2.46. The quantitative estimate of drug-likeness (QED) is 0.379. The number of ketones is 1. The van der Waals surface area contributed by atoms with E-state index in [9.17, 15) is 4.79 Å². The average molecular weight is 335 g/mol. The molecule has 0 saturated carbocycles. The number of terminal acetylenes is 1. The fourth-order valence-corrected chi connectivity index (χ4v) is 3.08. The minimum absolute atomic E-state index is 0.250. The van der Waals surface area contributed by atoms with Gasteiger partial charge in [0.05, 0.1) is 10.7 Å². The van der Waals surface area contributed by atoms with Crippen molar-refractivity contribution in [2.45, 2.75) is 51.4 Å². The third-order valence-electron chi connectivity index (χ3n) is 3.89. The van der Waals surface area contributed by atoms with Gasteiger partial charge in [0.15, 0.2) is 5.78 Å². The standard InChI is InChI=1S/C18H23BrO/c1-4-5-6-7-8-12-18(3,17(20)14-19)16-11-9-10-15(2)13-16/h1,9-11,13H,5-8,12,14H2,2-3H3. The van der Waals surface area contributed by atoms with Gasteiger partial charge in [0.2, 0.25) is 0 Å². The SMILES string of the molecule is C#CCCCCCC(C)(C(=O)CBr)c1cccc(C)c1. The summed E-state index contributed by atoms with van der Waals surface area (Å²) in [7, 11) is 0. The molecule has 0 bridgehead atoms. The van der Waals surface area contributed by atoms with E-state index in [1.807, 2.05) is 6.07 Å². The molecule has 0 heterocycles. The van der Waals surface area contributed by atoms with Crippen molar-refractivity contribution < 1.29 is 4.79 Å². The van der Waals surface area contributed by atoms with Crippen LogP contribution in [-0.2, 0) is 10.2 Å². The van der Waals surface area contributed by atoms with Crippen molar-refractivity contribution in [3.8, 4) is 12.3 Å². The number of Topliss-reactive ketones (excluding diaryl/α,β-unsaturated/α-hetero) is 1. The van der Waals surface area contributed by atoms with E-state index in [4.69, 9.17) is 6.42 Å². The van der Waals surface area contributed by atoms with Crippen LogP contribution in [0.25, 0.3) is 0 Å². The molecule has 0 aliphatic rings. The second-order valence-electron chi connectivity index (χ2n) is 5.52. The lowest BCUT2D eigenvalue weighted by atomic mass is 9.74. The third-order valence-corrected chi connectivity index (χ3v) is 4.40. The van der Waals surface area contributed by atoms with E-state index in [1.54, 1.807) is 0 Å². The molecule has 1 atom stereocenters. The molecule has 1 aromatic carbocycles. The van der Waals surface area contributed by atoms with E-state index < -0.39 is 5.41 Å². The second kappa shape index (κ2) is 8.27. The van der Waals surface area contributed by atoms with E-state index in [-0.39, 0.29) is 5.78 Å². The highest BCUT2D eigenvalue weighted by atomic mass is 79.9. The normalized spacial score (nSPS) is 13.5. The number of unbranched alkanes of at least 4 members (excludes halogenated alkanes) is 3. The first-order valence-corrected chi connectivity index (χ1v) is 8.26. The first-order chi connectivity index (χ1) is 9.54. The minimum atomic E-state index is -0.397. The van der Waals surface area contributed by atoms with Crippen molar-refractivity contribution in [2.24, 2.45) is 0 Å². The van der Waals surface area contributed by atoms with Crippen LogP contribution in [0.1, 0.15) is 50.2 Å². The molecule has 2 heteroatoms. The predicted octanol–water partition coefficient (Wildman–Crippen LogP) is 4.80. The zero-order chi connectivity index (χ0) is 15.0. The Hall–Kier alpha value is -1.07. The molecule has 0 amide bonds. The molecule has 1 aromatic rings.